The number of benzene rings is 3. The summed E-state index contributed by atoms with van der Waals surface area (Å²) in [4.78, 5) is 33.3. The molecule has 1 saturated carbocycles. The Morgan fingerprint density at radius 1 is 1.08 bits per heavy atom. The molecule has 2 amide bonds. The molecule has 190 valence electrons. The molecule has 0 bridgehead atoms. The van der Waals surface area contributed by atoms with E-state index in [1.54, 1.807) is 31.4 Å². The zero-order valence-electron chi connectivity index (χ0n) is 20.5. The van der Waals surface area contributed by atoms with Gasteiger partial charge < -0.3 is 15.1 Å². The third kappa shape index (κ3) is 4.96. The number of oxime groups is 1. The van der Waals surface area contributed by atoms with Crippen molar-refractivity contribution in [2.45, 2.75) is 32.1 Å². The predicted octanol–water partition coefficient (Wildman–Crippen LogP) is 6.50. The molecule has 2 aliphatic rings. The van der Waals surface area contributed by atoms with Crippen LogP contribution in [-0.4, -0.2) is 31.2 Å². The van der Waals surface area contributed by atoms with E-state index >= 15 is 0 Å². The topological polar surface area (TPSA) is 71.0 Å². The monoisotopic (exact) mass is 519 g/mol. The summed E-state index contributed by atoms with van der Waals surface area (Å²) < 4.78 is 13.6. The van der Waals surface area contributed by atoms with Crippen LogP contribution in [0.1, 0.15) is 52.0 Å². The molecular formula is C29H27ClFN3O3. The van der Waals surface area contributed by atoms with Crippen LogP contribution in [0.3, 0.4) is 0 Å². The highest BCUT2D eigenvalue weighted by atomic mass is 35.5. The molecule has 6 nitrogen and oxygen atoms in total. The second kappa shape index (κ2) is 10.3. The molecule has 1 aliphatic carbocycles. The van der Waals surface area contributed by atoms with Crippen molar-refractivity contribution in [3.8, 4) is 0 Å². The molecule has 1 heterocycles. The largest absolute Gasteiger partial charge is 0.399 e. The average Bonchev–Trinajstić information content (AvgIpc) is 3.19. The number of nitrogens with zero attached hydrogens (tertiary/aromatic N) is 2. The second-order valence-corrected chi connectivity index (χ2v) is 9.93. The van der Waals surface area contributed by atoms with Gasteiger partial charge in [0.1, 0.15) is 12.9 Å². The first-order valence-corrected chi connectivity index (χ1v) is 12.6. The van der Waals surface area contributed by atoms with E-state index in [9.17, 15) is 14.0 Å². The lowest BCUT2D eigenvalue weighted by Crippen LogP contribution is -2.35. The summed E-state index contributed by atoms with van der Waals surface area (Å²) in [5, 5.41) is 7.22. The number of carbonyl (C=O) groups excluding carboxylic acids is 2. The number of para-hydroxylation sites is 1. The molecule has 8 heteroatoms. The summed E-state index contributed by atoms with van der Waals surface area (Å²) in [6, 6.07) is 18.3. The summed E-state index contributed by atoms with van der Waals surface area (Å²) in [6.45, 7) is 0.565. The predicted molar refractivity (Wildman–Crippen MR) is 143 cm³/mol. The Balaban J connectivity index is 1.37. The fourth-order valence-electron chi connectivity index (χ4n) is 5.47. The third-order valence-corrected chi connectivity index (χ3v) is 7.65. The summed E-state index contributed by atoms with van der Waals surface area (Å²) in [5.41, 5.74) is 4.03. The molecule has 0 saturated heterocycles. The van der Waals surface area contributed by atoms with E-state index in [-0.39, 0.29) is 21.9 Å². The highest BCUT2D eigenvalue weighted by Gasteiger charge is 2.43. The van der Waals surface area contributed by atoms with E-state index in [4.69, 9.17) is 16.4 Å². The molecule has 0 radical (unpaired) electrons. The van der Waals surface area contributed by atoms with Crippen molar-refractivity contribution >= 4 is 40.5 Å². The number of anilines is 2. The van der Waals surface area contributed by atoms with Gasteiger partial charge in [0.15, 0.2) is 0 Å². The van der Waals surface area contributed by atoms with Gasteiger partial charge in [-0.1, -0.05) is 35.0 Å². The Morgan fingerprint density at radius 3 is 2.65 bits per heavy atom. The van der Waals surface area contributed by atoms with E-state index in [2.05, 4.69) is 16.5 Å². The van der Waals surface area contributed by atoms with Crippen LogP contribution in [0.5, 0.6) is 0 Å². The summed E-state index contributed by atoms with van der Waals surface area (Å²) in [6.07, 6.45) is 4.63. The van der Waals surface area contributed by atoms with Gasteiger partial charge in [-0.25, -0.2) is 4.39 Å². The van der Waals surface area contributed by atoms with Crippen molar-refractivity contribution in [1.29, 1.82) is 0 Å². The highest BCUT2D eigenvalue weighted by Crippen LogP contribution is 2.46. The number of rotatable bonds is 4. The first-order valence-electron chi connectivity index (χ1n) is 12.3. The quantitative estimate of drug-likeness (QED) is 0.400. The van der Waals surface area contributed by atoms with Gasteiger partial charge in [0.25, 0.3) is 11.8 Å². The van der Waals surface area contributed by atoms with Crippen molar-refractivity contribution < 1.29 is 18.8 Å². The number of amides is 2. The zero-order valence-corrected chi connectivity index (χ0v) is 21.2. The fourth-order valence-corrected chi connectivity index (χ4v) is 5.68. The normalized spacial score (nSPS) is 20.0. The van der Waals surface area contributed by atoms with Gasteiger partial charge in [0.05, 0.1) is 16.3 Å². The maximum Gasteiger partial charge on any atom is 0.258 e. The molecule has 1 N–H and O–H groups in total. The van der Waals surface area contributed by atoms with Gasteiger partial charge in [0, 0.05) is 28.9 Å². The number of nitrogens with one attached hydrogen (secondary N) is 1. The first-order chi connectivity index (χ1) is 17.9. The van der Waals surface area contributed by atoms with Gasteiger partial charge in [-0.15, -0.1) is 0 Å². The van der Waals surface area contributed by atoms with Gasteiger partial charge in [-0.2, -0.15) is 0 Å². The number of fused-ring (bicyclic) bond motifs is 1. The molecule has 5 rings (SSSR count). The van der Waals surface area contributed by atoms with Gasteiger partial charge in [0.2, 0.25) is 0 Å². The lowest BCUT2D eigenvalue weighted by molar-refractivity contribution is 0.0984. The number of hydrogen-bond acceptors (Lipinski definition) is 4. The lowest BCUT2D eigenvalue weighted by atomic mass is 9.76. The minimum atomic E-state index is -0.548. The number of carbonyl (C=O) groups is 2. The second-order valence-electron chi connectivity index (χ2n) is 9.52. The standard InChI is InChI=1S/C29H27ClFN3O3/c1-37-33-26-7-4-14-29(26)15-16-34(25-6-3-2-5-20(25)18-29)28(36)19-8-11-22(12-9-19)32-27(35)23-17-21(31)10-13-24(23)30/h2-3,5-6,8-13,17H,4,7,14-16,18H2,1H3,(H,32,35)/b33-26+. The van der Waals surface area contributed by atoms with Crippen LogP contribution in [0.25, 0.3) is 0 Å². The van der Waals surface area contributed by atoms with E-state index in [1.807, 2.05) is 23.1 Å². The summed E-state index contributed by atoms with van der Waals surface area (Å²) in [5.74, 6) is -1.19. The fraction of sp³-hybridized carbons (Fsp3) is 0.276. The molecule has 3 aromatic rings. The van der Waals surface area contributed by atoms with Crippen molar-refractivity contribution in [2.75, 3.05) is 23.9 Å². The Kier molecular flexibility index (Phi) is 6.98. The Morgan fingerprint density at radius 2 is 1.86 bits per heavy atom. The van der Waals surface area contributed by atoms with Crippen LogP contribution in [0.15, 0.2) is 71.9 Å². The smallest absolute Gasteiger partial charge is 0.258 e. The molecule has 1 spiro atoms. The van der Waals surface area contributed by atoms with E-state index < -0.39 is 11.7 Å². The minimum absolute atomic E-state index is 0.0419. The van der Waals surface area contributed by atoms with Crippen LogP contribution in [0, 0.1) is 11.2 Å². The van der Waals surface area contributed by atoms with Crippen molar-refractivity contribution in [1.82, 2.24) is 0 Å². The summed E-state index contributed by atoms with van der Waals surface area (Å²) in [7, 11) is 1.58. The Bertz CT molecular complexity index is 1380. The zero-order chi connectivity index (χ0) is 26.0. The number of hydrogen-bond donors (Lipinski definition) is 1. The lowest BCUT2D eigenvalue weighted by Gasteiger charge is -2.28. The van der Waals surface area contributed by atoms with Crippen molar-refractivity contribution in [2.24, 2.45) is 10.6 Å². The van der Waals surface area contributed by atoms with Crippen molar-refractivity contribution in [3.05, 3.63) is 94.3 Å². The molecule has 1 atom stereocenters. The molecule has 0 aromatic heterocycles. The summed E-state index contributed by atoms with van der Waals surface area (Å²) >= 11 is 6.04. The van der Waals surface area contributed by atoms with Crippen LogP contribution in [0.4, 0.5) is 15.8 Å². The van der Waals surface area contributed by atoms with Crippen LogP contribution < -0.4 is 10.2 Å². The number of halogens is 2. The highest BCUT2D eigenvalue weighted by molar-refractivity contribution is 6.34. The maximum absolute atomic E-state index is 13.7. The minimum Gasteiger partial charge on any atom is -0.399 e. The maximum atomic E-state index is 13.7. The van der Waals surface area contributed by atoms with Crippen LogP contribution in [0.2, 0.25) is 5.02 Å². The molecule has 1 fully saturated rings. The molecular weight excluding hydrogens is 493 g/mol. The van der Waals surface area contributed by atoms with E-state index in [0.717, 1.165) is 55.1 Å². The van der Waals surface area contributed by atoms with E-state index in [0.29, 0.717) is 17.8 Å². The first kappa shape index (κ1) is 25.0. The van der Waals surface area contributed by atoms with Gasteiger partial charge in [-0.3, -0.25) is 9.59 Å². The Labute approximate surface area is 220 Å². The molecule has 1 unspecified atom stereocenters. The van der Waals surface area contributed by atoms with Gasteiger partial charge >= 0.3 is 0 Å². The average molecular weight is 520 g/mol. The van der Waals surface area contributed by atoms with Crippen LogP contribution >= 0.6 is 11.6 Å². The SMILES string of the molecule is CO/N=C1\CCCC12CCN(C(=O)c1ccc(NC(=O)c3cc(F)ccc3Cl)cc1)c1ccccc1C2. The Hall–Kier alpha value is -3.71. The molecule has 1 aliphatic heterocycles. The van der Waals surface area contributed by atoms with Gasteiger partial charge in [-0.05, 0) is 86.2 Å². The third-order valence-electron chi connectivity index (χ3n) is 7.32. The van der Waals surface area contributed by atoms with Crippen molar-refractivity contribution in [3.63, 3.8) is 0 Å². The van der Waals surface area contributed by atoms with Crippen LogP contribution in [-0.2, 0) is 11.3 Å². The molecule has 3 aromatic carbocycles. The molecule has 37 heavy (non-hydrogen) atoms. The van der Waals surface area contributed by atoms with E-state index in [1.165, 1.54) is 12.1 Å².